The summed E-state index contributed by atoms with van der Waals surface area (Å²) in [6, 6.07) is 20.6. The Morgan fingerprint density at radius 1 is 0.667 bits per heavy atom. The number of anilines is 2. The number of hydrogen-bond acceptors (Lipinski definition) is 6. The van der Waals surface area contributed by atoms with Gasteiger partial charge in [-0.1, -0.05) is 6.07 Å². The van der Waals surface area contributed by atoms with Crippen LogP contribution in [0.1, 0.15) is 31.1 Å². The van der Waals surface area contributed by atoms with Crippen molar-refractivity contribution in [3.8, 4) is 17.2 Å². The minimum Gasteiger partial charge on any atom is -0.493 e. The molecule has 1 heterocycles. The van der Waals surface area contributed by atoms with Gasteiger partial charge in [0, 0.05) is 41.7 Å². The van der Waals surface area contributed by atoms with Gasteiger partial charge in [-0.3, -0.25) is 23.7 Å². The number of nitrogens with zero attached hydrogens (tertiary/aromatic N) is 1. The molecule has 0 saturated carbocycles. The lowest BCUT2D eigenvalue weighted by molar-refractivity contribution is 0.0961. The van der Waals surface area contributed by atoms with E-state index in [1.165, 1.54) is 56.2 Å². The largest absolute Gasteiger partial charge is 0.493 e. The van der Waals surface area contributed by atoms with E-state index in [0.29, 0.717) is 22.7 Å². The summed E-state index contributed by atoms with van der Waals surface area (Å²) >= 11 is 0. The fourth-order valence-electron chi connectivity index (χ4n) is 3.82. The number of nitrogens with one attached hydrogen (secondary N) is 3. The molecule has 4 aromatic rings. The Bertz CT molecular complexity index is 1590. The van der Waals surface area contributed by atoms with E-state index >= 15 is 0 Å². The van der Waals surface area contributed by atoms with E-state index in [2.05, 4.69) is 16.0 Å². The molecule has 10 heteroatoms. The third-order valence-corrected chi connectivity index (χ3v) is 5.88. The third-order valence-electron chi connectivity index (χ3n) is 5.88. The molecule has 0 aliphatic rings. The van der Waals surface area contributed by atoms with Crippen molar-refractivity contribution in [2.24, 2.45) is 0 Å². The average Bonchev–Trinajstić information content (AvgIpc) is 2.97. The molecular formula is C29H26N4O6. The molecule has 0 radical (unpaired) electrons. The van der Waals surface area contributed by atoms with Crippen molar-refractivity contribution in [1.82, 2.24) is 9.88 Å². The first-order valence-electron chi connectivity index (χ1n) is 11.8. The number of rotatable bonds is 8. The van der Waals surface area contributed by atoms with Crippen LogP contribution in [0.5, 0.6) is 11.5 Å². The summed E-state index contributed by atoms with van der Waals surface area (Å²) < 4.78 is 12.0. The summed E-state index contributed by atoms with van der Waals surface area (Å²) in [4.78, 5) is 50.5. The molecule has 0 aliphatic heterocycles. The molecule has 0 bridgehead atoms. The van der Waals surface area contributed by atoms with E-state index in [-0.39, 0.29) is 34.0 Å². The fraction of sp³-hybridized carbons (Fsp3) is 0.103. The number of benzene rings is 3. The molecule has 0 unspecified atom stereocenters. The topological polar surface area (TPSA) is 128 Å². The highest BCUT2D eigenvalue weighted by Gasteiger charge is 2.17. The quantitative estimate of drug-likeness (QED) is 0.321. The summed E-state index contributed by atoms with van der Waals surface area (Å²) in [6.45, 7) is 0. The Kier molecular flexibility index (Phi) is 8.06. The normalized spacial score (nSPS) is 10.3. The Morgan fingerprint density at radius 2 is 1.28 bits per heavy atom. The van der Waals surface area contributed by atoms with Crippen molar-refractivity contribution in [3.63, 3.8) is 0 Å². The van der Waals surface area contributed by atoms with Crippen LogP contribution in [0, 0.1) is 0 Å². The molecule has 10 nitrogen and oxygen atoms in total. The summed E-state index contributed by atoms with van der Waals surface area (Å²) in [5.74, 6) is -0.457. The van der Waals surface area contributed by atoms with Crippen LogP contribution >= 0.6 is 0 Å². The number of pyridine rings is 1. The number of ether oxygens (including phenoxy) is 2. The molecule has 0 atom stereocenters. The second kappa shape index (κ2) is 11.8. The second-order valence-electron chi connectivity index (χ2n) is 8.27. The Balaban J connectivity index is 1.60. The lowest BCUT2D eigenvalue weighted by Gasteiger charge is -2.15. The van der Waals surface area contributed by atoms with Gasteiger partial charge in [-0.15, -0.1) is 0 Å². The zero-order valence-corrected chi connectivity index (χ0v) is 21.5. The third kappa shape index (κ3) is 5.96. The molecule has 3 aromatic carbocycles. The zero-order chi connectivity index (χ0) is 27.9. The fourth-order valence-corrected chi connectivity index (χ4v) is 3.82. The van der Waals surface area contributed by atoms with Gasteiger partial charge in [0.25, 0.3) is 23.3 Å². The highest BCUT2D eigenvalue weighted by atomic mass is 16.5. The average molecular weight is 527 g/mol. The van der Waals surface area contributed by atoms with Crippen molar-refractivity contribution >= 4 is 29.1 Å². The minimum atomic E-state index is -0.488. The van der Waals surface area contributed by atoms with Crippen LogP contribution in [0.2, 0.25) is 0 Å². The Hall–Kier alpha value is -5.38. The number of hydrogen-bond donors (Lipinski definition) is 3. The van der Waals surface area contributed by atoms with Crippen LogP contribution in [0.4, 0.5) is 11.4 Å². The molecule has 0 aliphatic carbocycles. The van der Waals surface area contributed by atoms with E-state index in [9.17, 15) is 19.2 Å². The molecular weight excluding hydrogens is 500 g/mol. The predicted molar refractivity (Wildman–Crippen MR) is 147 cm³/mol. The van der Waals surface area contributed by atoms with Crippen molar-refractivity contribution < 1.29 is 23.9 Å². The van der Waals surface area contributed by atoms with Gasteiger partial charge >= 0.3 is 0 Å². The SMILES string of the molecule is CNC(=O)c1ccc(NC(=O)c2ccc(-n3ccccc3=O)cc2)c(NC(=O)c2ccc(OC)c(OC)c2)c1. The van der Waals surface area contributed by atoms with E-state index in [0.717, 1.165) is 0 Å². The first kappa shape index (κ1) is 26.7. The molecule has 198 valence electrons. The van der Waals surface area contributed by atoms with Gasteiger partial charge in [-0.05, 0) is 66.7 Å². The van der Waals surface area contributed by atoms with Crippen LogP contribution in [0.15, 0.2) is 89.9 Å². The lowest BCUT2D eigenvalue weighted by Crippen LogP contribution is -2.20. The monoisotopic (exact) mass is 526 g/mol. The first-order valence-corrected chi connectivity index (χ1v) is 11.8. The second-order valence-corrected chi connectivity index (χ2v) is 8.27. The van der Waals surface area contributed by atoms with Crippen LogP contribution < -0.4 is 31.0 Å². The number of carbonyl (C=O) groups excluding carboxylic acids is 3. The maximum absolute atomic E-state index is 13.1. The van der Waals surface area contributed by atoms with Crippen LogP contribution in [0.3, 0.4) is 0 Å². The van der Waals surface area contributed by atoms with Gasteiger partial charge in [0.15, 0.2) is 11.5 Å². The van der Waals surface area contributed by atoms with E-state index in [1.54, 1.807) is 54.7 Å². The van der Waals surface area contributed by atoms with Gasteiger partial charge < -0.3 is 25.4 Å². The summed E-state index contributed by atoms with van der Waals surface area (Å²) in [7, 11) is 4.45. The summed E-state index contributed by atoms with van der Waals surface area (Å²) in [6.07, 6.45) is 1.64. The summed E-state index contributed by atoms with van der Waals surface area (Å²) in [5.41, 5.74) is 1.81. The van der Waals surface area contributed by atoms with E-state index in [1.807, 2.05) is 0 Å². The predicted octanol–water partition coefficient (Wildman–Crippen LogP) is 3.72. The van der Waals surface area contributed by atoms with Crippen LogP contribution in [0.25, 0.3) is 5.69 Å². The zero-order valence-electron chi connectivity index (χ0n) is 21.5. The Labute approximate surface area is 224 Å². The number of amides is 3. The number of carbonyl (C=O) groups is 3. The smallest absolute Gasteiger partial charge is 0.255 e. The number of methoxy groups -OCH3 is 2. The van der Waals surface area contributed by atoms with E-state index < -0.39 is 11.8 Å². The van der Waals surface area contributed by atoms with Gasteiger partial charge in [0.05, 0.1) is 25.6 Å². The molecule has 0 fully saturated rings. The standard InChI is InChI=1S/C29H26N4O6/c1-30-27(35)19-9-13-22(23(16-19)32-29(37)20-10-14-24(38-2)25(17-20)39-3)31-28(36)18-7-11-21(12-8-18)33-15-5-4-6-26(33)34/h4-17H,1-3H3,(H,30,35)(H,31,36)(H,32,37). The van der Waals surface area contributed by atoms with E-state index in [4.69, 9.17) is 9.47 Å². The van der Waals surface area contributed by atoms with Crippen LogP contribution in [-0.2, 0) is 0 Å². The molecule has 39 heavy (non-hydrogen) atoms. The molecule has 4 rings (SSSR count). The van der Waals surface area contributed by atoms with Crippen LogP contribution in [-0.4, -0.2) is 43.6 Å². The van der Waals surface area contributed by atoms with Gasteiger partial charge in [0.1, 0.15) is 0 Å². The van der Waals surface area contributed by atoms with Gasteiger partial charge in [-0.25, -0.2) is 0 Å². The molecule has 3 N–H and O–H groups in total. The van der Waals surface area contributed by atoms with Crippen molar-refractivity contribution in [3.05, 3.63) is 112 Å². The molecule has 3 amide bonds. The molecule has 1 aromatic heterocycles. The maximum atomic E-state index is 13.1. The molecule has 0 saturated heterocycles. The molecule has 0 spiro atoms. The van der Waals surface area contributed by atoms with Gasteiger partial charge in [0.2, 0.25) is 0 Å². The Morgan fingerprint density at radius 3 is 1.95 bits per heavy atom. The highest BCUT2D eigenvalue weighted by Crippen LogP contribution is 2.29. The lowest BCUT2D eigenvalue weighted by atomic mass is 10.1. The van der Waals surface area contributed by atoms with Crippen molar-refractivity contribution in [2.75, 3.05) is 31.9 Å². The van der Waals surface area contributed by atoms with Crippen molar-refractivity contribution in [2.45, 2.75) is 0 Å². The first-order chi connectivity index (χ1) is 18.8. The summed E-state index contributed by atoms with van der Waals surface area (Å²) in [5, 5.41) is 8.08. The maximum Gasteiger partial charge on any atom is 0.255 e. The highest BCUT2D eigenvalue weighted by molar-refractivity contribution is 6.11. The number of aromatic nitrogens is 1. The minimum absolute atomic E-state index is 0.194. The van der Waals surface area contributed by atoms with Crippen molar-refractivity contribution in [1.29, 1.82) is 0 Å². The van der Waals surface area contributed by atoms with Gasteiger partial charge in [-0.2, -0.15) is 0 Å².